The monoisotopic (exact) mass is 530 g/mol. The van der Waals surface area contributed by atoms with Crippen LogP contribution in [0.4, 0.5) is 5.95 Å². The Morgan fingerprint density at radius 3 is 2.66 bits per heavy atom. The van der Waals surface area contributed by atoms with E-state index in [1.165, 1.54) is 0 Å². The van der Waals surface area contributed by atoms with Crippen molar-refractivity contribution in [1.82, 2.24) is 20.6 Å². The van der Waals surface area contributed by atoms with E-state index in [1.54, 1.807) is 6.20 Å². The van der Waals surface area contributed by atoms with Crippen molar-refractivity contribution in [3.8, 4) is 5.75 Å². The molecule has 1 aromatic carbocycles. The average Bonchev–Trinajstić information content (AvgIpc) is 3.10. The lowest BCUT2D eigenvalue weighted by molar-refractivity contribution is -0.115. The van der Waals surface area contributed by atoms with Crippen molar-refractivity contribution in [1.29, 1.82) is 0 Å². The predicted molar refractivity (Wildman–Crippen MR) is 119 cm³/mol. The number of H-pyrrole nitrogens is 1. The van der Waals surface area contributed by atoms with Crippen molar-refractivity contribution in [2.24, 2.45) is 5.16 Å². The average molecular weight is 532 g/mol. The van der Waals surface area contributed by atoms with Crippen molar-refractivity contribution >= 4 is 49.4 Å². The lowest BCUT2D eigenvalue weighted by Gasteiger charge is -2.13. The van der Waals surface area contributed by atoms with E-state index < -0.39 is 5.91 Å². The Morgan fingerprint density at radius 1 is 1.34 bits per heavy atom. The summed E-state index contributed by atoms with van der Waals surface area (Å²) in [6, 6.07) is 3.67. The van der Waals surface area contributed by atoms with E-state index in [1.807, 2.05) is 19.2 Å². The van der Waals surface area contributed by atoms with Gasteiger partial charge in [-0.25, -0.2) is 4.98 Å². The largest absolute Gasteiger partial charge is 0.491 e. The maximum atomic E-state index is 12.3. The highest BCUT2D eigenvalue weighted by atomic mass is 79.9. The van der Waals surface area contributed by atoms with Crippen molar-refractivity contribution in [2.75, 3.05) is 32.5 Å². The number of nitrogens with zero attached hydrogens (tertiary/aromatic N) is 2. The zero-order valence-electron chi connectivity index (χ0n) is 16.0. The minimum Gasteiger partial charge on any atom is -0.491 e. The van der Waals surface area contributed by atoms with Crippen LogP contribution in [-0.2, 0) is 17.6 Å². The van der Waals surface area contributed by atoms with Gasteiger partial charge >= 0.3 is 0 Å². The van der Waals surface area contributed by atoms with E-state index in [9.17, 15) is 10.0 Å². The number of aromatic nitrogens is 2. The number of halogens is 2. The van der Waals surface area contributed by atoms with Gasteiger partial charge in [-0.3, -0.25) is 4.79 Å². The summed E-state index contributed by atoms with van der Waals surface area (Å²) in [4.78, 5) is 19.1. The number of imidazole rings is 1. The van der Waals surface area contributed by atoms with Gasteiger partial charge in [0, 0.05) is 25.1 Å². The number of amides is 1. The molecule has 6 N–H and O–H groups in total. The zero-order valence-corrected chi connectivity index (χ0v) is 19.1. The normalized spacial score (nSPS) is 11.5. The summed E-state index contributed by atoms with van der Waals surface area (Å²) in [5.74, 6) is 0.574. The van der Waals surface area contributed by atoms with E-state index in [0.717, 1.165) is 33.2 Å². The highest BCUT2D eigenvalue weighted by molar-refractivity contribution is 9.11. The molecule has 11 heteroatoms. The Balaban J connectivity index is 1.92. The third-order valence-electron chi connectivity index (χ3n) is 3.96. The fourth-order valence-electron chi connectivity index (χ4n) is 2.55. The molecule has 0 aliphatic carbocycles. The quantitative estimate of drug-likeness (QED) is 0.130. The number of benzene rings is 1. The standard InChI is InChI=1S/C18H24Br2N6O3/c1-22-4-2-6-29-16-13(19)7-11(8-14(16)20)9-15(26-28)17(27)23-5-3-12-10-24-18(21)25-12/h7-8,10,22,28H,2-6,9H2,1H3,(H,23,27)(H3,21,24,25)/b26-15+. The SMILES string of the molecule is CNCCCOc1c(Br)cc(C/C(=N\O)C(=O)NCCc2cnc(N)[nH]2)cc1Br. The molecule has 0 aliphatic rings. The van der Waals surface area contributed by atoms with E-state index in [-0.39, 0.29) is 12.1 Å². The molecule has 1 amide bonds. The van der Waals surface area contributed by atoms with Gasteiger partial charge in [0.2, 0.25) is 0 Å². The van der Waals surface area contributed by atoms with Crippen molar-refractivity contribution in [3.63, 3.8) is 0 Å². The summed E-state index contributed by atoms with van der Waals surface area (Å²) in [5, 5.41) is 18.2. The maximum Gasteiger partial charge on any atom is 0.269 e. The number of hydrogen-bond acceptors (Lipinski definition) is 7. The first kappa shape index (κ1) is 23.2. The molecule has 0 radical (unpaired) electrons. The van der Waals surface area contributed by atoms with Crippen LogP contribution in [0.25, 0.3) is 0 Å². The highest BCUT2D eigenvalue weighted by Crippen LogP contribution is 2.35. The second-order valence-corrected chi connectivity index (χ2v) is 7.93. The molecule has 2 rings (SSSR count). The molecule has 0 saturated heterocycles. The smallest absolute Gasteiger partial charge is 0.269 e. The van der Waals surface area contributed by atoms with Gasteiger partial charge in [0.15, 0.2) is 5.95 Å². The van der Waals surface area contributed by atoms with Gasteiger partial charge in [0.1, 0.15) is 11.5 Å². The predicted octanol–water partition coefficient (Wildman–Crippen LogP) is 2.24. The van der Waals surface area contributed by atoms with E-state index >= 15 is 0 Å². The summed E-state index contributed by atoms with van der Waals surface area (Å²) in [6.07, 6.45) is 3.19. The van der Waals surface area contributed by atoms with Crippen LogP contribution in [0.2, 0.25) is 0 Å². The molecule has 0 spiro atoms. The van der Waals surface area contributed by atoms with Gasteiger partial charge in [0.05, 0.1) is 21.7 Å². The summed E-state index contributed by atoms with van der Waals surface area (Å²) in [5.41, 5.74) is 7.12. The molecule has 0 unspecified atom stereocenters. The molecule has 2 aromatic rings. The third-order valence-corrected chi connectivity index (χ3v) is 5.14. The van der Waals surface area contributed by atoms with Gasteiger partial charge in [0.25, 0.3) is 5.91 Å². The summed E-state index contributed by atoms with van der Waals surface area (Å²) in [6.45, 7) is 1.80. The Kier molecular flexibility index (Phi) is 9.42. The number of carbonyl (C=O) groups excluding carboxylic acids is 1. The summed E-state index contributed by atoms with van der Waals surface area (Å²) in [7, 11) is 1.89. The Labute approximate surface area is 185 Å². The number of rotatable bonds is 11. The van der Waals surface area contributed by atoms with Gasteiger partial charge in [-0.05, 0) is 69.6 Å². The third kappa shape index (κ3) is 7.33. The Hall–Kier alpha value is -2.11. The lowest BCUT2D eigenvalue weighted by atomic mass is 10.1. The van der Waals surface area contributed by atoms with Crippen LogP contribution in [0.3, 0.4) is 0 Å². The number of ether oxygens (including phenoxy) is 1. The van der Waals surface area contributed by atoms with E-state index in [0.29, 0.717) is 31.3 Å². The first-order valence-corrected chi connectivity index (χ1v) is 10.6. The molecular formula is C18H24Br2N6O3. The molecule has 9 nitrogen and oxygen atoms in total. The van der Waals surface area contributed by atoms with Crippen LogP contribution in [0.1, 0.15) is 17.7 Å². The molecule has 158 valence electrons. The number of aromatic amines is 1. The molecule has 29 heavy (non-hydrogen) atoms. The Morgan fingerprint density at radius 2 is 2.07 bits per heavy atom. The minimum atomic E-state index is -0.445. The van der Waals surface area contributed by atoms with Crippen LogP contribution in [0.5, 0.6) is 5.75 Å². The molecule has 0 atom stereocenters. The number of nitrogen functional groups attached to an aromatic ring is 1. The van der Waals surface area contributed by atoms with Gasteiger partial charge < -0.3 is 31.3 Å². The van der Waals surface area contributed by atoms with Crippen LogP contribution >= 0.6 is 31.9 Å². The molecule has 1 aromatic heterocycles. The van der Waals surface area contributed by atoms with Crippen molar-refractivity contribution in [2.45, 2.75) is 19.3 Å². The van der Waals surface area contributed by atoms with Gasteiger partial charge in [-0.15, -0.1) is 0 Å². The van der Waals surface area contributed by atoms with Gasteiger partial charge in [-0.2, -0.15) is 0 Å². The molecule has 0 bridgehead atoms. The zero-order chi connectivity index (χ0) is 21.2. The fourth-order valence-corrected chi connectivity index (χ4v) is 4.06. The molecular weight excluding hydrogens is 508 g/mol. The van der Waals surface area contributed by atoms with Crippen molar-refractivity contribution in [3.05, 3.63) is 38.5 Å². The van der Waals surface area contributed by atoms with E-state index in [2.05, 4.69) is 57.6 Å². The maximum absolute atomic E-state index is 12.3. The number of oxime groups is 1. The number of nitrogens with one attached hydrogen (secondary N) is 3. The number of carbonyl (C=O) groups is 1. The molecule has 0 fully saturated rings. The minimum absolute atomic E-state index is 0.00983. The topological polar surface area (TPSA) is 138 Å². The first-order chi connectivity index (χ1) is 13.9. The number of nitrogens with two attached hydrogens (primary N) is 1. The highest BCUT2D eigenvalue weighted by Gasteiger charge is 2.16. The number of anilines is 1. The fraction of sp³-hybridized carbons (Fsp3) is 0.389. The van der Waals surface area contributed by atoms with Gasteiger partial charge in [-0.1, -0.05) is 5.16 Å². The lowest BCUT2D eigenvalue weighted by Crippen LogP contribution is -2.33. The second kappa shape index (κ2) is 11.8. The van der Waals surface area contributed by atoms with Crippen LogP contribution in [-0.4, -0.2) is 53.5 Å². The van der Waals surface area contributed by atoms with Crippen molar-refractivity contribution < 1.29 is 14.7 Å². The van der Waals surface area contributed by atoms with Crippen LogP contribution in [0, 0.1) is 0 Å². The summed E-state index contributed by atoms with van der Waals surface area (Å²) < 4.78 is 7.29. The number of hydrogen-bond donors (Lipinski definition) is 5. The van der Waals surface area contributed by atoms with Crippen LogP contribution < -0.4 is 21.1 Å². The first-order valence-electron chi connectivity index (χ1n) is 8.98. The molecule has 0 aliphatic heterocycles. The molecule has 1 heterocycles. The second-order valence-electron chi connectivity index (χ2n) is 6.22. The molecule has 0 saturated carbocycles. The Bertz CT molecular complexity index is 833. The summed E-state index contributed by atoms with van der Waals surface area (Å²) >= 11 is 6.99. The van der Waals surface area contributed by atoms with Crippen LogP contribution in [0.15, 0.2) is 32.4 Å². The van der Waals surface area contributed by atoms with E-state index in [4.69, 9.17) is 10.5 Å².